The Labute approximate surface area is 262 Å². The molecular weight excluding hydrogens is 573 g/mol. The van der Waals surface area contributed by atoms with Gasteiger partial charge in [0, 0.05) is 31.9 Å². The lowest BCUT2D eigenvalue weighted by Crippen LogP contribution is -2.47. The van der Waals surface area contributed by atoms with E-state index in [4.69, 9.17) is 18.3 Å². The molecule has 0 amide bonds. The van der Waals surface area contributed by atoms with Gasteiger partial charge >= 0.3 is 5.97 Å². The zero-order valence-electron chi connectivity index (χ0n) is 28.3. The summed E-state index contributed by atoms with van der Waals surface area (Å²) in [6, 6.07) is 18.3. The van der Waals surface area contributed by atoms with Crippen LogP contribution < -0.4 is 19.4 Å². The van der Waals surface area contributed by atoms with Crippen LogP contribution in [0.5, 0.6) is 11.5 Å². The van der Waals surface area contributed by atoms with Crippen molar-refractivity contribution in [2.75, 3.05) is 38.3 Å². The van der Waals surface area contributed by atoms with Crippen LogP contribution in [0.2, 0.25) is 36.3 Å². The fourth-order valence-corrected chi connectivity index (χ4v) is 9.28. The first-order valence-electron chi connectivity index (χ1n) is 16.1. The monoisotopic (exact) mass is 628 g/mol. The molecule has 0 fully saturated rings. The predicted octanol–water partition coefficient (Wildman–Crippen LogP) is 7.73. The van der Waals surface area contributed by atoms with Gasteiger partial charge in [0.1, 0.15) is 11.5 Å². The maximum Gasteiger partial charge on any atom is 0.344 e. The highest BCUT2D eigenvalue weighted by atomic mass is 28.4. The third-order valence-corrected chi connectivity index (χ3v) is 18.4. The summed E-state index contributed by atoms with van der Waals surface area (Å²) < 4.78 is 24.4. The van der Waals surface area contributed by atoms with E-state index in [9.17, 15) is 4.79 Å². The quantitative estimate of drug-likeness (QED) is 0.160. The zero-order valence-corrected chi connectivity index (χ0v) is 30.3. The smallest absolute Gasteiger partial charge is 0.344 e. The molecule has 0 aliphatic carbocycles. The van der Waals surface area contributed by atoms with Crippen LogP contribution in [0.4, 0.5) is 5.69 Å². The number of carbonyl (C=O) groups excluding carboxylic acids is 1. The molecule has 1 unspecified atom stereocenters. The molecule has 7 nitrogen and oxygen atoms in total. The molecule has 240 valence electrons. The van der Waals surface area contributed by atoms with E-state index in [2.05, 4.69) is 108 Å². The fraction of sp³-hybridized carbons (Fsp3) is 0.618. The maximum absolute atomic E-state index is 11.8. The van der Waals surface area contributed by atoms with Gasteiger partial charge in [-0.25, -0.2) is 4.79 Å². The molecule has 0 aromatic heterocycles. The molecule has 2 aromatic rings. The second-order valence-corrected chi connectivity index (χ2v) is 22.8. The number of nitrogens with one attached hydrogen (secondary N) is 1. The molecule has 1 heterocycles. The van der Waals surface area contributed by atoms with Crippen molar-refractivity contribution >= 4 is 28.3 Å². The number of esters is 1. The standard InChI is InChI=1S/C34H56N2O5Si2/c1-11-38-33(37)25-39-30-19-20-31-27(22-30)21-28(24-36(31)8)35-23-32(41-43(12-2,13-3)14-4)26-15-17-29(18-16-26)40-42(9,10)34(5,6)7/h15-20,22,28,32,35H,11-14,21,23-25H2,1-10H3/t28?,32-/m0/s1. The van der Waals surface area contributed by atoms with Crippen molar-refractivity contribution < 1.29 is 23.1 Å². The van der Waals surface area contributed by atoms with Gasteiger partial charge in [-0.15, -0.1) is 0 Å². The molecule has 1 aliphatic heterocycles. The second kappa shape index (κ2) is 15.1. The van der Waals surface area contributed by atoms with Gasteiger partial charge in [-0.2, -0.15) is 0 Å². The van der Waals surface area contributed by atoms with E-state index in [-0.39, 0.29) is 29.8 Å². The Morgan fingerprint density at radius 3 is 2.21 bits per heavy atom. The van der Waals surface area contributed by atoms with Crippen molar-refractivity contribution in [1.29, 1.82) is 0 Å². The Balaban J connectivity index is 1.76. The summed E-state index contributed by atoms with van der Waals surface area (Å²) >= 11 is 0. The van der Waals surface area contributed by atoms with E-state index in [0.717, 1.165) is 43.4 Å². The van der Waals surface area contributed by atoms with Crippen molar-refractivity contribution in [3.05, 3.63) is 53.6 Å². The van der Waals surface area contributed by atoms with Gasteiger partial charge in [0.2, 0.25) is 8.32 Å². The van der Waals surface area contributed by atoms with E-state index in [1.807, 2.05) is 6.07 Å². The molecule has 0 saturated heterocycles. The highest BCUT2D eigenvalue weighted by molar-refractivity contribution is 6.74. The lowest BCUT2D eigenvalue weighted by molar-refractivity contribution is -0.145. The first-order chi connectivity index (χ1) is 20.3. The molecule has 2 atom stereocenters. The molecule has 0 radical (unpaired) electrons. The average molecular weight is 629 g/mol. The van der Waals surface area contributed by atoms with Gasteiger partial charge in [0.15, 0.2) is 14.9 Å². The second-order valence-electron chi connectivity index (χ2n) is 13.4. The average Bonchev–Trinajstić information content (AvgIpc) is 2.96. The summed E-state index contributed by atoms with van der Waals surface area (Å²) in [6.07, 6.45) is 0.847. The summed E-state index contributed by atoms with van der Waals surface area (Å²) in [5.74, 6) is 1.28. The van der Waals surface area contributed by atoms with Crippen molar-refractivity contribution in [3.63, 3.8) is 0 Å². The number of likely N-dealkylation sites (N-methyl/N-ethyl adjacent to an activating group) is 1. The highest BCUT2D eigenvalue weighted by Gasteiger charge is 2.39. The number of hydrogen-bond acceptors (Lipinski definition) is 7. The van der Waals surface area contributed by atoms with Gasteiger partial charge in [-0.05, 0) is 91.1 Å². The fourth-order valence-electron chi connectivity index (χ4n) is 5.43. The number of rotatable bonds is 15. The zero-order chi connectivity index (χ0) is 31.8. The van der Waals surface area contributed by atoms with Crippen LogP contribution in [-0.4, -0.2) is 62.0 Å². The van der Waals surface area contributed by atoms with Crippen molar-refractivity contribution in [2.24, 2.45) is 0 Å². The normalized spacial score (nSPS) is 16.4. The molecule has 1 aliphatic rings. The van der Waals surface area contributed by atoms with Crippen molar-refractivity contribution in [3.8, 4) is 11.5 Å². The highest BCUT2D eigenvalue weighted by Crippen LogP contribution is 2.38. The van der Waals surface area contributed by atoms with Crippen LogP contribution in [-0.2, 0) is 20.4 Å². The molecule has 9 heteroatoms. The summed E-state index contributed by atoms with van der Waals surface area (Å²) in [5, 5.41) is 4.01. The van der Waals surface area contributed by atoms with Crippen LogP contribution in [0.15, 0.2) is 42.5 Å². The largest absolute Gasteiger partial charge is 0.544 e. The Bertz CT molecular complexity index is 1170. The van der Waals surface area contributed by atoms with Gasteiger partial charge in [-0.1, -0.05) is 53.7 Å². The van der Waals surface area contributed by atoms with E-state index in [0.29, 0.717) is 12.4 Å². The van der Waals surface area contributed by atoms with Gasteiger partial charge in [-0.3, -0.25) is 0 Å². The predicted molar refractivity (Wildman–Crippen MR) is 183 cm³/mol. The van der Waals surface area contributed by atoms with Gasteiger partial charge < -0.3 is 28.5 Å². The first kappa shape index (κ1) is 35.1. The SMILES string of the molecule is CCOC(=O)COc1ccc2c(c1)CC(NC[C@H](O[Si](CC)(CC)CC)c1ccc(O[Si](C)(C)C(C)(C)C)cc1)CN2C. The molecule has 2 aromatic carbocycles. The lowest BCUT2D eigenvalue weighted by atomic mass is 9.97. The van der Waals surface area contributed by atoms with Gasteiger partial charge in [0.05, 0.1) is 12.7 Å². The number of ether oxygens (including phenoxy) is 2. The third-order valence-electron chi connectivity index (χ3n) is 9.43. The Morgan fingerprint density at radius 1 is 1.00 bits per heavy atom. The first-order valence-corrected chi connectivity index (χ1v) is 21.5. The Kier molecular flexibility index (Phi) is 12.3. The van der Waals surface area contributed by atoms with Crippen molar-refractivity contribution in [2.45, 2.75) is 103 Å². The van der Waals surface area contributed by atoms with Gasteiger partial charge in [0.25, 0.3) is 0 Å². The molecule has 0 bridgehead atoms. The summed E-state index contributed by atoms with van der Waals surface area (Å²) in [5.41, 5.74) is 3.60. The minimum absolute atomic E-state index is 0.0283. The Morgan fingerprint density at radius 2 is 1.63 bits per heavy atom. The number of hydrogen-bond donors (Lipinski definition) is 1. The van der Waals surface area contributed by atoms with Crippen LogP contribution in [0.25, 0.3) is 0 Å². The molecule has 1 N–H and O–H groups in total. The number of benzene rings is 2. The third kappa shape index (κ3) is 9.33. The molecule has 0 saturated carbocycles. The minimum atomic E-state index is -1.91. The number of carbonyl (C=O) groups is 1. The number of nitrogens with zero attached hydrogens (tertiary/aromatic N) is 1. The van der Waals surface area contributed by atoms with E-state index < -0.39 is 16.6 Å². The van der Waals surface area contributed by atoms with Crippen LogP contribution in [0.1, 0.15) is 65.7 Å². The maximum atomic E-state index is 11.8. The number of fused-ring (bicyclic) bond motifs is 1. The topological polar surface area (TPSA) is 69.3 Å². The van der Waals surface area contributed by atoms with Crippen LogP contribution in [0, 0.1) is 0 Å². The Hall–Kier alpha value is -2.34. The van der Waals surface area contributed by atoms with Crippen LogP contribution >= 0.6 is 0 Å². The molecule has 0 spiro atoms. The number of anilines is 1. The summed E-state index contributed by atoms with van der Waals surface area (Å²) in [7, 11) is -1.64. The van der Waals surface area contributed by atoms with E-state index in [1.54, 1.807) is 6.92 Å². The van der Waals surface area contributed by atoms with Crippen molar-refractivity contribution in [1.82, 2.24) is 5.32 Å². The van der Waals surface area contributed by atoms with E-state index >= 15 is 0 Å². The molecular formula is C34H56N2O5Si2. The lowest BCUT2D eigenvalue weighted by Gasteiger charge is -2.37. The van der Waals surface area contributed by atoms with Crippen LogP contribution in [0.3, 0.4) is 0 Å². The minimum Gasteiger partial charge on any atom is -0.544 e. The molecule has 43 heavy (non-hydrogen) atoms. The molecule has 3 rings (SSSR count). The van der Waals surface area contributed by atoms with E-state index in [1.165, 1.54) is 16.8 Å². The summed E-state index contributed by atoms with van der Waals surface area (Å²) in [4.78, 5) is 14.1. The summed E-state index contributed by atoms with van der Waals surface area (Å²) in [6.45, 7) is 21.9.